The molecular weight excluding hydrogens is 400 g/mol. The summed E-state index contributed by atoms with van der Waals surface area (Å²) in [5.74, 6) is 1.06. The Hall–Kier alpha value is -2.80. The fourth-order valence-corrected chi connectivity index (χ4v) is 4.69. The Labute approximate surface area is 181 Å². The minimum atomic E-state index is -0.494. The van der Waals surface area contributed by atoms with Crippen LogP contribution in [-0.2, 0) is 17.6 Å². The first kappa shape index (κ1) is 21.9. The number of ether oxygens (including phenoxy) is 2. The molecule has 0 aliphatic heterocycles. The van der Waals surface area contributed by atoms with Crippen molar-refractivity contribution < 1.29 is 19.1 Å². The second-order valence-corrected chi connectivity index (χ2v) is 8.79. The summed E-state index contributed by atoms with van der Waals surface area (Å²) in [6.45, 7) is 4.92. The Bertz CT molecular complexity index is 962. The summed E-state index contributed by atoms with van der Waals surface area (Å²) in [5.41, 5.74) is 7.80. The fraction of sp³-hybridized carbons (Fsp3) is 0.391. The maximum Gasteiger partial charge on any atom is 0.251 e. The molecule has 0 radical (unpaired) electrons. The number of hydrogen-bond donors (Lipinski definition) is 2. The fourth-order valence-electron chi connectivity index (χ4n) is 3.39. The van der Waals surface area contributed by atoms with E-state index in [4.69, 9.17) is 15.2 Å². The molecule has 1 aliphatic rings. The van der Waals surface area contributed by atoms with Crippen LogP contribution in [0.5, 0.6) is 11.5 Å². The molecule has 2 amide bonds. The Morgan fingerprint density at radius 1 is 1.27 bits per heavy atom. The first-order valence-electron chi connectivity index (χ1n) is 10.1. The molecule has 0 unspecified atom stereocenters. The number of rotatable bonds is 9. The van der Waals surface area contributed by atoms with Crippen molar-refractivity contribution in [3.63, 3.8) is 0 Å². The Morgan fingerprint density at radius 3 is 2.77 bits per heavy atom. The van der Waals surface area contributed by atoms with E-state index in [0.717, 1.165) is 41.7 Å². The number of nitrogens with one attached hydrogen (secondary N) is 1. The number of anilines is 1. The number of hydrogen-bond acceptors (Lipinski definition) is 5. The maximum atomic E-state index is 12.4. The molecule has 1 aromatic carbocycles. The smallest absolute Gasteiger partial charge is 0.251 e. The van der Waals surface area contributed by atoms with Gasteiger partial charge in [-0.1, -0.05) is 19.9 Å². The molecule has 6 nitrogen and oxygen atoms in total. The number of amides is 2. The van der Waals surface area contributed by atoms with Crippen molar-refractivity contribution in [2.24, 2.45) is 11.7 Å². The normalized spacial score (nSPS) is 12.9. The quantitative estimate of drug-likeness (QED) is 0.579. The molecule has 160 valence electrons. The van der Waals surface area contributed by atoms with Gasteiger partial charge in [0.2, 0.25) is 5.91 Å². The third-order valence-electron chi connectivity index (χ3n) is 4.97. The van der Waals surface area contributed by atoms with Crippen molar-refractivity contribution in [3.8, 4) is 11.5 Å². The van der Waals surface area contributed by atoms with Gasteiger partial charge in [0, 0.05) is 11.0 Å². The molecular formula is C23H28N2O4S. The average Bonchev–Trinajstić information content (AvgIpc) is 3.27. The molecule has 0 spiro atoms. The molecule has 3 N–H and O–H groups in total. The van der Waals surface area contributed by atoms with E-state index in [1.807, 2.05) is 18.2 Å². The van der Waals surface area contributed by atoms with Crippen LogP contribution >= 0.6 is 11.3 Å². The van der Waals surface area contributed by atoms with E-state index < -0.39 is 5.91 Å². The summed E-state index contributed by atoms with van der Waals surface area (Å²) in [6.07, 6.45) is 6.88. The van der Waals surface area contributed by atoms with Crippen molar-refractivity contribution in [1.82, 2.24) is 0 Å². The molecule has 3 rings (SSSR count). The molecule has 30 heavy (non-hydrogen) atoms. The monoisotopic (exact) mass is 428 g/mol. The van der Waals surface area contributed by atoms with Gasteiger partial charge in [-0.15, -0.1) is 11.3 Å². The van der Waals surface area contributed by atoms with Crippen LogP contribution in [0.15, 0.2) is 24.3 Å². The predicted molar refractivity (Wildman–Crippen MR) is 120 cm³/mol. The van der Waals surface area contributed by atoms with Gasteiger partial charge in [0.15, 0.2) is 11.5 Å². The lowest BCUT2D eigenvalue weighted by Gasteiger charge is -2.12. The van der Waals surface area contributed by atoms with Crippen LogP contribution < -0.4 is 20.5 Å². The van der Waals surface area contributed by atoms with Gasteiger partial charge < -0.3 is 20.5 Å². The molecule has 0 saturated heterocycles. The molecule has 7 heteroatoms. The summed E-state index contributed by atoms with van der Waals surface area (Å²) < 4.78 is 11.2. The van der Waals surface area contributed by atoms with Gasteiger partial charge in [-0.25, -0.2) is 0 Å². The lowest BCUT2D eigenvalue weighted by Crippen LogP contribution is -2.16. The van der Waals surface area contributed by atoms with E-state index >= 15 is 0 Å². The lowest BCUT2D eigenvalue weighted by atomic mass is 10.1. The Morgan fingerprint density at radius 2 is 2.07 bits per heavy atom. The Kier molecular flexibility index (Phi) is 7.15. The molecule has 0 saturated carbocycles. The van der Waals surface area contributed by atoms with Gasteiger partial charge in [-0.2, -0.15) is 0 Å². The van der Waals surface area contributed by atoms with E-state index in [1.54, 1.807) is 13.2 Å². The van der Waals surface area contributed by atoms with Gasteiger partial charge in [0.05, 0.1) is 19.3 Å². The largest absolute Gasteiger partial charge is 0.493 e. The maximum absolute atomic E-state index is 12.4. The van der Waals surface area contributed by atoms with Crippen LogP contribution in [0.3, 0.4) is 0 Å². The van der Waals surface area contributed by atoms with E-state index in [0.29, 0.717) is 34.6 Å². The predicted octanol–water partition coefficient (Wildman–Crippen LogP) is 4.42. The van der Waals surface area contributed by atoms with Crippen LogP contribution in [0.25, 0.3) is 6.08 Å². The van der Waals surface area contributed by atoms with Crippen LogP contribution in [0.4, 0.5) is 5.00 Å². The number of aryl methyl sites for hydroxylation is 1. The summed E-state index contributed by atoms with van der Waals surface area (Å²) in [5, 5.41) is 3.34. The third-order valence-corrected chi connectivity index (χ3v) is 6.18. The second kappa shape index (κ2) is 9.80. The number of thiophene rings is 1. The number of nitrogens with two attached hydrogens (primary N) is 1. The molecule has 0 atom stereocenters. The van der Waals surface area contributed by atoms with Crippen molar-refractivity contribution in [3.05, 3.63) is 45.8 Å². The van der Waals surface area contributed by atoms with E-state index in [2.05, 4.69) is 19.2 Å². The first-order valence-corrected chi connectivity index (χ1v) is 10.9. The van der Waals surface area contributed by atoms with Crippen LogP contribution in [0.2, 0.25) is 0 Å². The van der Waals surface area contributed by atoms with Crippen molar-refractivity contribution >= 4 is 34.2 Å². The van der Waals surface area contributed by atoms with Gasteiger partial charge in [0.1, 0.15) is 5.00 Å². The number of primary amides is 1. The third kappa shape index (κ3) is 5.21. The molecule has 1 heterocycles. The zero-order valence-corrected chi connectivity index (χ0v) is 18.4. The van der Waals surface area contributed by atoms with Gasteiger partial charge >= 0.3 is 0 Å². The van der Waals surface area contributed by atoms with Crippen LogP contribution in [-0.4, -0.2) is 25.5 Å². The average molecular weight is 429 g/mol. The van der Waals surface area contributed by atoms with E-state index in [1.165, 1.54) is 17.4 Å². The summed E-state index contributed by atoms with van der Waals surface area (Å²) >= 11 is 1.44. The number of carbonyl (C=O) groups excluding carboxylic acids is 2. The molecule has 1 aliphatic carbocycles. The summed E-state index contributed by atoms with van der Waals surface area (Å²) in [7, 11) is 1.59. The number of methoxy groups -OCH3 is 1. The molecule has 0 fully saturated rings. The van der Waals surface area contributed by atoms with Gasteiger partial charge in [-0.05, 0) is 60.9 Å². The van der Waals surface area contributed by atoms with Crippen molar-refractivity contribution in [2.75, 3.05) is 19.0 Å². The molecule has 1 aromatic heterocycles. The van der Waals surface area contributed by atoms with Crippen LogP contribution in [0, 0.1) is 5.92 Å². The topological polar surface area (TPSA) is 90.6 Å². The highest BCUT2D eigenvalue weighted by Gasteiger charge is 2.25. The highest BCUT2D eigenvalue weighted by Crippen LogP contribution is 2.38. The Balaban J connectivity index is 1.67. The molecule has 2 aromatic rings. The highest BCUT2D eigenvalue weighted by molar-refractivity contribution is 7.17. The van der Waals surface area contributed by atoms with Crippen molar-refractivity contribution in [1.29, 1.82) is 0 Å². The molecule has 0 bridgehead atoms. The number of fused-ring (bicyclic) bond motifs is 1. The first-order chi connectivity index (χ1) is 14.4. The summed E-state index contributed by atoms with van der Waals surface area (Å²) in [6, 6.07) is 5.53. The minimum Gasteiger partial charge on any atom is -0.493 e. The highest BCUT2D eigenvalue weighted by atomic mass is 32.1. The lowest BCUT2D eigenvalue weighted by molar-refractivity contribution is -0.111. The minimum absolute atomic E-state index is 0.311. The number of carbonyl (C=O) groups is 2. The van der Waals surface area contributed by atoms with Crippen molar-refractivity contribution in [2.45, 2.75) is 39.5 Å². The number of benzene rings is 1. The van der Waals surface area contributed by atoms with E-state index in [-0.39, 0.29) is 5.91 Å². The summed E-state index contributed by atoms with van der Waals surface area (Å²) in [4.78, 5) is 25.4. The van der Waals surface area contributed by atoms with E-state index in [9.17, 15) is 9.59 Å². The SMILES string of the molecule is COc1cc(/C=C/C(=O)Nc2sc3c(c2C(N)=O)CCC3)ccc1OCCC(C)C. The van der Waals surface area contributed by atoms with Gasteiger partial charge in [0.25, 0.3) is 5.91 Å². The zero-order chi connectivity index (χ0) is 21.7. The van der Waals surface area contributed by atoms with Gasteiger partial charge in [-0.3, -0.25) is 9.59 Å². The second-order valence-electron chi connectivity index (χ2n) is 7.69. The van der Waals surface area contributed by atoms with Crippen LogP contribution in [0.1, 0.15) is 53.1 Å². The zero-order valence-electron chi connectivity index (χ0n) is 17.6. The standard InChI is InChI=1S/C23H28N2O4S/c1-14(2)11-12-29-17-9-7-15(13-18(17)28-3)8-10-20(26)25-23-21(22(24)27)16-5-4-6-19(16)30-23/h7-10,13-14H,4-6,11-12H2,1-3H3,(H2,24,27)(H,25,26)/b10-8+.